The number of fused-ring (bicyclic) bond motifs is 3. The van der Waals surface area contributed by atoms with Gasteiger partial charge in [0.25, 0.3) is 0 Å². The number of nitrogens with one attached hydrogen (secondary N) is 1. The Labute approximate surface area is 194 Å². The molecule has 0 aliphatic heterocycles. The molecule has 1 fully saturated rings. The van der Waals surface area contributed by atoms with E-state index in [1.165, 1.54) is 0 Å². The molecular formula is C23H30ClNO6S. The number of carbonyl (C=O) groups excluding carboxylic acids is 1. The maximum absolute atomic E-state index is 12.5. The Hall–Kier alpha value is -1.48. The number of sulfonamides is 1. The molecule has 7 nitrogen and oxygen atoms in total. The van der Waals surface area contributed by atoms with Crippen molar-refractivity contribution in [2.24, 2.45) is 5.92 Å². The Morgan fingerprint density at radius 2 is 1.84 bits per heavy atom. The third kappa shape index (κ3) is 5.19. The van der Waals surface area contributed by atoms with Gasteiger partial charge in [0.05, 0.1) is 24.4 Å². The maximum Gasteiger partial charge on any atom is 0.339 e. The second kappa shape index (κ2) is 9.79. The van der Waals surface area contributed by atoms with Gasteiger partial charge in [0.1, 0.15) is 27.2 Å². The molecule has 4 rings (SSSR count). The third-order valence-corrected chi connectivity index (χ3v) is 9.16. The zero-order valence-corrected chi connectivity index (χ0v) is 19.9. The molecule has 0 bridgehead atoms. The van der Waals surface area contributed by atoms with E-state index in [2.05, 4.69) is 11.6 Å². The summed E-state index contributed by atoms with van der Waals surface area (Å²) in [4.78, 5) is 24.7. The summed E-state index contributed by atoms with van der Waals surface area (Å²) < 4.78 is 38.4. The summed E-state index contributed by atoms with van der Waals surface area (Å²) in [7, 11) is -3.45. The fourth-order valence-corrected chi connectivity index (χ4v) is 6.70. The standard InChI is InChI=1S/C23H30ClNO6S/c1-14-6-8-15(9-7-14)32(28,29)25-11-10-22(26)30-21-13-20-18(12-19(21)24)16-4-2-3-5-17(16)23(27)31-20/h14-15H,2-13H2,1H3,(H-,25,28,29). The van der Waals surface area contributed by atoms with Crippen molar-refractivity contribution in [3.8, 4) is 0 Å². The molecule has 3 aliphatic carbocycles. The van der Waals surface area contributed by atoms with Gasteiger partial charge in [-0.3, -0.25) is 4.79 Å². The van der Waals surface area contributed by atoms with E-state index in [0.29, 0.717) is 36.0 Å². The van der Waals surface area contributed by atoms with Crippen LogP contribution >= 0.6 is 11.6 Å². The number of rotatable bonds is 6. The van der Waals surface area contributed by atoms with Crippen LogP contribution in [0.25, 0.3) is 0 Å². The quantitative estimate of drug-likeness (QED) is 0.488. The first-order valence-corrected chi connectivity index (χ1v) is 13.4. The molecule has 1 aromatic heterocycles. The van der Waals surface area contributed by atoms with Crippen molar-refractivity contribution < 1.29 is 22.7 Å². The fraction of sp³-hybridized carbons (Fsp3) is 0.652. The van der Waals surface area contributed by atoms with Crippen molar-refractivity contribution in [1.29, 1.82) is 0 Å². The highest BCUT2D eigenvalue weighted by Crippen LogP contribution is 2.34. The van der Waals surface area contributed by atoms with Gasteiger partial charge in [0.2, 0.25) is 0 Å². The van der Waals surface area contributed by atoms with Crippen LogP contribution < -0.4 is 10.3 Å². The minimum Gasteiger partial charge on any atom is -0.598 e. The smallest absolute Gasteiger partial charge is 0.339 e. The highest BCUT2D eigenvalue weighted by molar-refractivity contribution is 7.96. The van der Waals surface area contributed by atoms with Crippen LogP contribution in [-0.2, 0) is 49.8 Å². The predicted molar refractivity (Wildman–Crippen MR) is 121 cm³/mol. The first-order chi connectivity index (χ1) is 15.2. The minimum absolute atomic E-state index is 0.0166. The van der Waals surface area contributed by atoms with Crippen LogP contribution in [0.1, 0.15) is 74.3 Å². The SMILES string of the molecule is CC1CCC([S+](=O)([O-])NCCC(=O)OC2=C(Cl)Cc3c(oc(=O)c4c3CCCC4)C2)CC1. The predicted octanol–water partition coefficient (Wildman–Crippen LogP) is 3.71. The van der Waals surface area contributed by atoms with Crippen molar-refractivity contribution >= 4 is 28.0 Å². The molecule has 0 spiro atoms. The van der Waals surface area contributed by atoms with Gasteiger partial charge < -0.3 is 13.7 Å². The van der Waals surface area contributed by atoms with E-state index >= 15 is 0 Å². The van der Waals surface area contributed by atoms with Gasteiger partial charge in [-0.25, -0.2) is 4.79 Å². The lowest BCUT2D eigenvalue weighted by molar-refractivity contribution is -0.139. The van der Waals surface area contributed by atoms with Gasteiger partial charge in [0.15, 0.2) is 0 Å². The molecule has 1 heterocycles. The summed E-state index contributed by atoms with van der Waals surface area (Å²) in [5.74, 6) is 0.772. The summed E-state index contributed by atoms with van der Waals surface area (Å²) >= 11 is 6.43. The first-order valence-electron chi connectivity index (χ1n) is 11.5. The Kier molecular flexibility index (Phi) is 7.24. The average Bonchev–Trinajstić information content (AvgIpc) is 2.75. The Balaban J connectivity index is 1.33. The number of ether oxygens (including phenoxy) is 1. The Bertz CT molecular complexity index is 1020. The van der Waals surface area contributed by atoms with E-state index < -0.39 is 21.6 Å². The van der Waals surface area contributed by atoms with Crippen LogP contribution in [0, 0.1) is 5.92 Å². The second-order valence-corrected chi connectivity index (χ2v) is 11.7. The Morgan fingerprint density at radius 3 is 2.56 bits per heavy atom. The maximum atomic E-state index is 12.5. The number of esters is 1. The topological polar surface area (TPSA) is 109 Å². The lowest BCUT2D eigenvalue weighted by atomic mass is 9.86. The number of halogens is 1. The van der Waals surface area contributed by atoms with E-state index in [9.17, 15) is 18.4 Å². The molecule has 32 heavy (non-hydrogen) atoms. The molecule has 1 N–H and O–H groups in total. The van der Waals surface area contributed by atoms with Crippen molar-refractivity contribution in [2.75, 3.05) is 6.54 Å². The number of hydrogen-bond acceptors (Lipinski definition) is 6. The molecule has 0 saturated heterocycles. The Morgan fingerprint density at radius 1 is 1.16 bits per heavy atom. The lowest BCUT2D eigenvalue weighted by Crippen LogP contribution is -2.43. The van der Waals surface area contributed by atoms with E-state index in [1.54, 1.807) is 0 Å². The van der Waals surface area contributed by atoms with Crippen LogP contribution in [0.4, 0.5) is 0 Å². The fourth-order valence-electron chi connectivity index (χ4n) is 4.94. The van der Waals surface area contributed by atoms with Crippen LogP contribution in [0.15, 0.2) is 20.0 Å². The lowest BCUT2D eigenvalue weighted by Gasteiger charge is -2.30. The van der Waals surface area contributed by atoms with Gasteiger partial charge in [-0.2, -0.15) is 0 Å². The summed E-state index contributed by atoms with van der Waals surface area (Å²) in [6.07, 6.45) is 7.10. The molecular weight excluding hydrogens is 454 g/mol. The molecule has 3 aliphatic rings. The zero-order chi connectivity index (χ0) is 22.9. The molecule has 9 heteroatoms. The van der Waals surface area contributed by atoms with Crippen LogP contribution in [0.2, 0.25) is 0 Å². The molecule has 1 saturated carbocycles. The molecule has 0 radical (unpaired) electrons. The van der Waals surface area contributed by atoms with Crippen LogP contribution in [0.3, 0.4) is 0 Å². The summed E-state index contributed by atoms with van der Waals surface area (Å²) in [5.41, 5.74) is 2.42. The van der Waals surface area contributed by atoms with Gasteiger partial charge in [-0.05, 0) is 62.8 Å². The molecule has 1 unspecified atom stereocenters. The van der Waals surface area contributed by atoms with Gasteiger partial charge in [0, 0.05) is 17.5 Å². The van der Waals surface area contributed by atoms with Crippen molar-refractivity contribution in [3.63, 3.8) is 0 Å². The normalized spacial score (nSPS) is 25.0. The van der Waals surface area contributed by atoms with E-state index in [4.69, 9.17) is 20.8 Å². The molecule has 1 atom stereocenters. The molecule has 0 aromatic carbocycles. The van der Waals surface area contributed by atoms with Crippen molar-refractivity contribution in [2.45, 2.75) is 82.8 Å². The first kappa shape index (κ1) is 23.7. The van der Waals surface area contributed by atoms with E-state index in [-0.39, 0.29) is 30.8 Å². The largest absolute Gasteiger partial charge is 0.598 e. The highest BCUT2D eigenvalue weighted by atomic mass is 35.5. The third-order valence-electron chi connectivity index (χ3n) is 6.86. The van der Waals surface area contributed by atoms with E-state index in [0.717, 1.165) is 55.2 Å². The molecule has 0 amide bonds. The minimum atomic E-state index is -3.45. The average molecular weight is 484 g/mol. The summed E-state index contributed by atoms with van der Waals surface area (Å²) in [6, 6.07) is 0. The summed E-state index contributed by atoms with van der Waals surface area (Å²) in [5, 5.41) is 0.0277. The van der Waals surface area contributed by atoms with E-state index in [1.807, 2.05) is 0 Å². The van der Waals surface area contributed by atoms with Crippen molar-refractivity contribution in [1.82, 2.24) is 4.72 Å². The number of hydrogen-bond donors (Lipinski definition) is 1. The highest BCUT2D eigenvalue weighted by Gasteiger charge is 2.33. The van der Waals surface area contributed by atoms with Crippen LogP contribution in [0.5, 0.6) is 0 Å². The van der Waals surface area contributed by atoms with Gasteiger partial charge >= 0.3 is 11.6 Å². The second-order valence-electron chi connectivity index (χ2n) is 9.18. The molecule has 176 valence electrons. The van der Waals surface area contributed by atoms with Gasteiger partial charge in [-0.15, -0.1) is 4.72 Å². The monoisotopic (exact) mass is 483 g/mol. The summed E-state index contributed by atoms with van der Waals surface area (Å²) in [6.45, 7) is 2.12. The van der Waals surface area contributed by atoms with Gasteiger partial charge in [-0.1, -0.05) is 22.7 Å². The number of allylic oxidation sites excluding steroid dienone is 2. The van der Waals surface area contributed by atoms with Crippen molar-refractivity contribution in [3.05, 3.63) is 43.7 Å². The molecule has 1 aromatic rings. The van der Waals surface area contributed by atoms with Crippen LogP contribution in [-0.4, -0.2) is 22.3 Å². The number of carbonyl (C=O) groups is 1. The zero-order valence-electron chi connectivity index (χ0n) is 18.4.